The van der Waals surface area contributed by atoms with Crippen LogP contribution in [-0.4, -0.2) is 63.3 Å². The zero-order valence-electron chi connectivity index (χ0n) is 15.4. The van der Waals surface area contributed by atoms with Gasteiger partial charge in [0.05, 0.1) is 0 Å². The van der Waals surface area contributed by atoms with Crippen molar-refractivity contribution in [1.29, 1.82) is 0 Å². The Morgan fingerprint density at radius 3 is 2.65 bits per heavy atom. The molecule has 23 heavy (non-hydrogen) atoms. The minimum Gasteiger partial charge on any atom is -0.381 e. The van der Waals surface area contributed by atoms with Crippen molar-refractivity contribution in [2.24, 2.45) is 10.9 Å². The molecular formula is C17H37IN4O. The molecule has 0 aliphatic carbocycles. The van der Waals surface area contributed by atoms with Crippen molar-refractivity contribution in [3.05, 3.63) is 0 Å². The molecule has 1 rings (SSSR count). The van der Waals surface area contributed by atoms with E-state index in [-0.39, 0.29) is 24.0 Å². The fourth-order valence-corrected chi connectivity index (χ4v) is 2.73. The van der Waals surface area contributed by atoms with Crippen LogP contribution in [0, 0.1) is 5.92 Å². The van der Waals surface area contributed by atoms with E-state index in [1.54, 1.807) is 0 Å². The highest BCUT2D eigenvalue weighted by molar-refractivity contribution is 14.0. The molecule has 1 heterocycles. The minimum absolute atomic E-state index is 0. The zero-order valence-corrected chi connectivity index (χ0v) is 17.8. The molecule has 6 heteroatoms. The molecule has 1 aliphatic heterocycles. The summed E-state index contributed by atoms with van der Waals surface area (Å²) in [6.45, 7) is 12.5. The van der Waals surface area contributed by atoms with Gasteiger partial charge in [-0.2, -0.15) is 0 Å². The van der Waals surface area contributed by atoms with Gasteiger partial charge < -0.3 is 15.4 Å². The van der Waals surface area contributed by atoms with Gasteiger partial charge in [0.25, 0.3) is 0 Å². The predicted octanol–water partition coefficient (Wildman–Crippen LogP) is 2.71. The molecule has 138 valence electrons. The third kappa shape index (κ3) is 11.2. The number of rotatable bonds is 9. The number of ether oxygens (including phenoxy) is 1. The molecule has 2 N–H and O–H groups in total. The Bertz CT molecular complexity index is 313. The Kier molecular flexibility index (Phi) is 14.2. The summed E-state index contributed by atoms with van der Waals surface area (Å²) in [5.74, 6) is 1.51. The Labute approximate surface area is 160 Å². The van der Waals surface area contributed by atoms with E-state index in [4.69, 9.17) is 4.74 Å². The molecule has 5 nitrogen and oxygen atoms in total. The van der Waals surface area contributed by atoms with Crippen molar-refractivity contribution in [2.45, 2.75) is 52.5 Å². The number of guanidine groups is 1. The summed E-state index contributed by atoms with van der Waals surface area (Å²) < 4.78 is 5.58. The molecule has 0 radical (unpaired) electrons. The number of piperidine rings is 1. The van der Waals surface area contributed by atoms with Crippen LogP contribution in [-0.2, 0) is 4.74 Å². The van der Waals surface area contributed by atoms with Crippen molar-refractivity contribution in [3.8, 4) is 0 Å². The van der Waals surface area contributed by atoms with Gasteiger partial charge in [-0.1, -0.05) is 20.3 Å². The molecule has 0 aromatic carbocycles. The van der Waals surface area contributed by atoms with Crippen LogP contribution in [0.3, 0.4) is 0 Å². The first-order valence-corrected chi connectivity index (χ1v) is 8.89. The number of nitrogens with one attached hydrogen (secondary N) is 2. The Balaban J connectivity index is 0.00000484. The monoisotopic (exact) mass is 440 g/mol. The predicted molar refractivity (Wildman–Crippen MR) is 110 cm³/mol. The van der Waals surface area contributed by atoms with Crippen LogP contribution in [0.5, 0.6) is 0 Å². The minimum atomic E-state index is 0. The topological polar surface area (TPSA) is 48.9 Å². The fourth-order valence-electron chi connectivity index (χ4n) is 2.73. The lowest BCUT2D eigenvalue weighted by molar-refractivity contribution is 0.108. The van der Waals surface area contributed by atoms with Crippen LogP contribution in [0.2, 0.25) is 0 Å². The van der Waals surface area contributed by atoms with Crippen molar-refractivity contribution < 1.29 is 4.74 Å². The first-order chi connectivity index (χ1) is 10.6. The molecule has 0 spiro atoms. The highest BCUT2D eigenvalue weighted by Gasteiger charge is 2.17. The third-order valence-electron chi connectivity index (χ3n) is 4.06. The van der Waals surface area contributed by atoms with E-state index < -0.39 is 0 Å². The highest BCUT2D eigenvalue weighted by atomic mass is 127. The van der Waals surface area contributed by atoms with Crippen LogP contribution < -0.4 is 10.6 Å². The molecule has 0 bridgehead atoms. The largest absolute Gasteiger partial charge is 0.381 e. The lowest BCUT2D eigenvalue weighted by atomic mass is 10.0. The molecule has 0 saturated carbocycles. The number of nitrogens with zero attached hydrogens (tertiary/aromatic N) is 2. The smallest absolute Gasteiger partial charge is 0.191 e. The van der Waals surface area contributed by atoms with Gasteiger partial charge in [0.1, 0.15) is 0 Å². The van der Waals surface area contributed by atoms with Crippen molar-refractivity contribution >= 4 is 29.9 Å². The van der Waals surface area contributed by atoms with Crippen molar-refractivity contribution in [3.63, 3.8) is 0 Å². The van der Waals surface area contributed by atoms with E-state index >= 15 is 0 Å². The molecule has 0 aromatic rings. The van der Waals surface area contributed by atoms with Gasteiger partial charge in [0.2, 0.25) is 0 Å². The van der Waals surface area contributed by atoms with Crippen LogP contribution in [0.15, 0.2) is 4.99 Å². The second-order valence-corrected chi connectivity index (χ2v) is 6.63. The van der Waals surface area contributed by atoms with Gasteiger partial charge in [-0.15, -0.1) is 24.0 Å². The first kappa shape index (κ1) is 22.9. The maximum absolute atomic E-state index is 5.58. The third-order valence-corrected chi connectivity index (χ3v) is 4.06. The van der Waals surface area contributed by atoms with E-state index in [2.05, 4.69) is 41.3 Å². The molecule has 1 aliphatic rings. The number of hydrogen-bond donors (Lipinski definition) is 2. The normalized spacial score (nSPS) is 19.5. The lowest BCUT2D eigenvalue weighted by Crippen LogP contribution is -2.45. The Morgan fingerprint density at radius 1 is 1.26 bits per heavy atom. The second-order valence-electron chi connectivity index (χ2n) is 6.63. The van der Waals surface area contributed by atoms with Gasteiger partial charge in [0.15, 0.2) is 5.96 Å². The maximum atomic E-state index is 5.58. The molecular weight excluding hydrogens is 403 g/mol. The summed E-state index contributed by atoms with van der Waals surface area (Å²) in [7, 11) is 1.83. The first-order valence-electron chi connectivity index (χ1n) is 8.89. The van der Waals surface area contributed by atoms with Gasteiger partial charge in [-0.25, -0.2) is 0 Å². The molecule has 0 aromatic heterocycles. The quantitative estimate of drug-likeness (QED) is 0.251. The average molecular weight is 440 g/mol. The number of halogens is 1. The number of likely N-dealkylation sites (tertiary alicyclic amines) is 1. The summed E-state index contributed by atoms with van der Waals surface area (Å²) in [4.78, 5) is 6.84. The van der Waals surface area contributed by atoms with Gasteiger partial charge in [-0.3, -0.25) is 9.89 Å². The molecule has 1 saturated heterocycles. The summed E-state index contributed by atoms with van der Waals surface area (Å²) in [5.41, 5.74) is 0. The Hall–Kier alpha value is -0.0800. The number of aliphatic imine (C=N–C) groups is 1. The summed E-state index contributed by atoms with van der Waals surface area (Å²) in [5, 5.41) is 6.75. The maximum Gasteiger partial charge on any atom is 0.191 e. The van der Waals surface area contributed by atoms with Gasteiger partial charge in [-0.05, 0) is 38.6 Å². The summed E-state index contributed by atoms with van der Waals surface area (Å²) >= 11 is 0. The van der Waals surface area contributed by atoms with E-state index in [0.29, 0.717) is 5.92 Å². The SMILES string of the molecule is CN=C(NCCCOCC(C)C)NCCN1CCCCC1C.I. The van der Waals surface area contributed by atoms with E-state index in [0.717, 1.165) is 51.3 Å². The van der Waals surface area contributed by atoms with E-state index in [1.807, 2.05) is 7.05 Å². The zero-order chi connectivity index (χ0) is 16.2. The van der Waals surface area contributed by atoms with Crippen LogP contribution >= 0.6 is 24.0 Å². The number of hydrogen-bond acceptors (Lipinski definition) is 3. The van der Waals surface area contributed by atoms with Gasteiger partial charge >= 0.3 is 0 Å². The van der Waals surface area contributed by atoms with Crippen LogP contribution in [0.1, 0.15) is 46.5 Å². The summed E-state index contributed by atoms with van der Waals surface area (Å²) in [6, 6.07) is 0.726. The van der Waals surface area contributed by atoms with Crippen LogP contribution in [0.25, 0.3) is 0 Å². The molecule has 1 atom stereocenters. The van der Waals surface area contributed by atoms with E-state index in [1.165, 1.54) is 25.8 Å². The molecule has 1 fully saturated rings. The molecule has 0 amide bonds. The van der Waals surface area contributed by atoms with Crippen LogP contribution in [0.4, 0.5) is 0 Å². The van der Waals surface area contributed by atoms with Crippen molar-refractivity contribution in [1.82, 2.24) is 15.5 Å². The average Bonchev–Trinajstić information content (AvgIpc) is 2.50. The highest BCUT2D eigenvalue weighted by Crippen LogP contribution is 2.15. The summed E-state index contributed by atoms with van der Waals surface area (Å²) in [6.07, 6.45) is 5.07. The second kappa shape index (κ2) is 14.3. The van der Waals surface area contributed by atoms with Gasteiger partial charge in [0, 0.05) is 45.9 Å². The van der Waals surface area contributed by atoms with E-state index in [9.17, 15) is 0 Å². The fraction of sp³-hybridized carbons (Fsp3) is 0.941. The molecule has 1 unspecified atom stereocenters. The van der Waals surface area contributed by atoms with Crippen molar-refractivity contribution in [2.75, 3.05) is 46.4 Å². The Morgan fingerprint density at radius 2 is 2.00 bits per heavy atom. The standard InChI is InChI=1S/C17H36N4O.HI/c1-15(2)14-22-13-7-9-19-17(18-4)20-10-12-21-11-6-5-8-16(21)3;/h15-16H,5-14H2,1-4H3,(H2,18,19,20);1H. The lowest BCUT2D eigenvalue weighted by Gasteiger charge is -2.33.